The Balaban J connectivity index is 2.96. The molecule has 0 aliphatic heterocycles. The van der Waals surface area contributed by atoms with Gasteiger partial charge in [0, 0.05) is 25.7 Å². The lowest BCUT2D eigenvalue weighted by Gasteiger charge is -2.27. The highest BCUT2D eigenvalue weighted by atomic mass is 19.1. The molecule has 4 heteroatoms. The number of nitrogens with two attached hydrogens (primary N) is 1. The van der Waals surface area contributed by atoms with Crippen LogP contribution in [0, 0.1) is 5.82 Å². The molecule has 1 atom stereocenters. The summed E-state index contributed by atoms with van der Waals surface area (Å²) in [6.07, 6.45) is 0. The molecule has 18 heavy (non-hydrogen) atoms. The van der Waals surface area contributed by atoms with Crippen LogP contribution in [-0.2, 0) is 4.74 Å². The minimum Gasteiger partial charge on any atom is -0.380 e. The fraction of sp³-hybridized carbons (Fsp3) is 0.571. The van der Waals surface area contributed by atoms with Crippen LogP contribution in [0.15, 0.2) is 18.2 Å². The van der Waals surface area contributed by atoms with Gasteiger partial charge in [0.1, 0.15) is 5.82 Å². The third-order valence-corrected chi connectivity index (χ3v) is 2.92. The third-order valence-electron chi connectivity index (χ3n) is 2.92. The molecule has 2 N–H and O–H groups in total. The summed E-state index contributed by atoms with van der Waals surface area (Å²) in [4.78, 5) is 1.98. The van der Waals surface area contributed by atoms with Crippen LogP contribution in [0.2, 0.25) is 0 Å². The molecule has 1 aromatic carbocycles. The molecule has 0 fully saturated rings. The maximum atomic E-state index is 14.0. The van der Waals surface area contributed by atoms with E-state index in [4.69, 9.17) is 10.5 Å². The summed E-state index contributed by atoms with van der Waals surface area (Å²) in [5.74, 6) is -0.219. The van der Waals surface area contributed by atoms with E-state index < -0.39 is 0 Å². The van der Waals surface area contributed by atoms with Crippen LogP contribution in [0.4, 0.5) is 10.1 Å². The topological polar surface area (TPSA) is 38.5 Å². The van der Waals surface area contributed by atoms with Gasteiger partial charge in [0.25, 0.3) is 0 Å². The Morgan fingerprint density at radius 3 is 2.67 bits per heavy atom. The van der Waals surface area contributed by atoms with E-state index in [9.17, 15) is 4.39 Å². The Labute approximate surface area is 109 Å². The van der Waals surface area contributed by atoms with Crippen LogP contribution in [0.1, 0.15) is 32.4 Å². The Morgan fingerprint density at radius 1 is 1.39 bits per heavy atom. The minimum atomic E-state index is -0.219. The van der Waals surface area contributed by atoms with Gasteiger partial charge in [0.15, 0.2) is 0 Å². The van der Waals surface area contributed by atoms with E-state index in [1.54, 1.807) is 6.07 Å². The second-order valence-electron chi connectivity index (χ2n) is 4.24. The normalized spacial score (nSPS) is 12.5. The monoisotopic (exact) mass is 254 g/mol. The van der Waals surface area contributed by atoms with E-state index in [0.29, 0.717) is 25.4 Å². The highest BCUT2D eigenvalue weighted by molar-refractivity contribution is 5.56. The predicted octanol–water partition coefficient (Wildman–Crippen LogP) is 2.71. The third kappa shape index (κ3) is 3.68. The van der Waals surface area contributed by atoms with Crippen molar-refractivity contribution >= 4 is 5.69 Å². The summed E-state index contributed by atoms with van der Waals surface area (Å²) in [7, 11) is 0. The second-order valence-corrected chi connectivity index (χ2v) is 4.24. The standard InChI is InChI=1S/C14H23FN2O/c1-4-17(9-10-18-5-2)14-12(11(3)16)7-6-8-13(14)15/h6-8,11H,4-5,9-10,16H2,1-3H3. The highest BCUT2D eigenvalue weighted by Gasteiger charge is 2.16. The maximum Gasteiger partial charge on any atom is 0.146 e. The van der Waals surface area contributed by atoms with E-state index >= 15 is 0 Å². The Bertz CT molecular complexity index is 369. The fourth-order valence-electron chi connectivity index (χ4n) is 1.98. The maximum absolute atomic E-state index is 14.0. The highest BCUT2D eigenvalue weighted by Crippen LogP contribution is 2.28. The fourth-order valence-corrected chi connectivity index (χ4v) is 1.98. The number of hydrogen-bond acceptors (Lipinski definition) is 3. The second kappa shape index (κ2) is 7.34. The van der Waals surface area contributed by atoms with E-state index in [2.05, 4.69) is 0 Å². The van der Waals surface area contributed by atoms with Gasteiger partial charge < -0.3 is 15.4 Å². The van der Waals surface area contributed by atoms with Crippen LogP contribution in [0.5, 0.6) is 0 Å². The van der Waals surface area contributed by atoms with Crippen LogP contribution >= 0.6 is 0 Å². The molecule has 0 saturated heterocycles. The van der Waals surface area contributed by atoms with Gasteiger partial charge in [0.2, 0.25) is 0 Å². The van der Waals surface area contributed by atoms with Crippen molar-refractivity contribution in [2.45, 2.75) is 26.8 Å². The molecule has 3 nitrogen and oxygen atoms in total. The average molecular weight is 254 g/mol. The van der Waals surface area contributed by atoms with Crippen molar-refractivity contribution in [1.29, 1.82) is 0 Å². The Kier molecular flexibility index (Phi) is 6.09. The van der Waals surface area contributed by atoms with Gasteiger partial charge in [-0.2, -0.15) is 0 Å². The zero-order valence-electron chi connectivity index (χ0n) is 11.4. The van der Waals surface area contributed by atoms with Gasteiger partial charge in [-0.25, -0.2) is 4.39 Å². The molecule has 1 unspecified atom stereocenters. The summed E-state index contributed by atoms with van der Waals surface area (Å²) in [5, 5.41) is 0. The van der Waals surface area contributed by atoms with Gasteiger partial charge in [-0.1, -0.05) is 12.1 Å². The predicted molar refractivity (Wildman–Crippen MR) is 73.4 cm³/mol. The van der Waals surface area contributed by atoms with E-state index in [0.717, 1.165) is 12.1 Å². The van der Waals surface area contributed by atoms with Crippen molar-refractivity contribution in [2.75, 3.05) is 31.2 Å². The molecule has 0 bridgehead atoms. The number of rotatable bonds is 7. The van der Waals surface area contributed by atoms with Gasteiger partial charge in [0.05, 0.1) is 12.3 Å². The zero-order valence-corrected chi connectivity index (χ0v) is 11.4. The number of nitrogens with zero attached hydrogens (tertiary/aromatic N) is 1. The SMILES string of the molecule is CCOCCN(CC)c1c(F)cccc1C(C)N. The van der Waals surface area contributed by atoms with Gasteiger partial charge >= 0.3 is 0 Å². The lowest BCUT2D eigenvalue weighted by molar-refractivity contribution is 0.154. The van der Waals surface area contributed by atoms with Crippen molar-refractivity contribution in [3.05, 3.63) is 29.6 Å². The Morgan fingerprint density at radius 2 is 2.11 bits per heavy atom. The zero-order chi connectivity index (χ0) is 13.5. The van der Waals surface area contributed by atoms with Gasteiger partial charge in [-0.3, -0.25) is 0 Å². The van der Waals surface area contributed by atoms with Crippen molar-refractivity contribution in [2.24, 2.45) is 5.73 Å². The van der Waals surface area contributed by atoms with Crippen LogP contribution in [-0.4, -0.2) is 26.3 Å². The van der Waals surface area contributed by atoms with Gasteiger partial charge in [-0.05, 0) is 32.4 Å². The number of para-hydroxylation sites is 1. The van der Waals surface area contributed by atoms with E-state index in [1.165, 1.54) is 6.07 Å². The van der Waals surface area contributed by atoms with Crippen molar-refractivity contribution < 1.29 is 9.13 Å². The minimum absolute atomic E-state index is 0.183. The van der Waals surface area contributed by atoms with Crippen LogP contribution in [0.3, 0.4) is 0 Å². The van der Waals surface area contributed by atoms with Crippen molar-refractivity contribution in [3.8, 4) is 0 Å². The first-order valence-corrected chi connectivity index (χ1v) is 6.48. The first-order chi connectivity index (χ1) is 8.61. The van der Waals surface area contributed by atoms with Crippen molar-refractivity contribution in [1.82, 2.24) is 0 Å². The van der Waals surface area contributed by atoms with E-state index in [-0.39, 0.29) is 11.9 Å². The molecular formula is C14H23FN2O. The Hall–Kier alpha value is -1.13. The molecule has 0 radical (unpaired) electrons. The number of likely N-dealkylation sites (N-methyl/N-ethyl adjacent to an activating group) is 1. The summed E-state index contributed by atoms with van der Waals surface area (Å²) in [5.41, 5.74) is 7.35. The van der Waals surface area contributed by atoms with Crippen LogP contribution < -0.4 is 10.6 Å². The molecule has 0 amide bonds. The lowest BCUT2D eigenvalue weighted by atomic mass is 10.1. The molecule has 0 aromatic heterocycles. The summed E-state index contributed by atoms with van der Waals surface area (Å²) in [6, 6.07) is 4.88. The molecular weight excluding hydrogens is 231 g/mol. The average Bonchev–Trinajstić information content (AvgIpc) is 2.35. The first kappa shape index (κ1) is 14.9. The molecule has 1 aromatic rings. The molecule has 102 valence electrons. The van der Waals surface area contributed by atoms with Crippen LogP contribution in [0.25, 0.3) is 0 Å². The number of benzene rings is 1. The number of anilines is 1. The molecule has 0 spiro atoms. The first-order valence-electron chi connectivity index (χ1n) is 6.48. The summed E-state index contributed by atoms with van der Waals surface area (Å²) >= 11 is 0. The van der Waals surface area contributed by atoms with Gasteiger partial charge in [-0.15, -0.1) is 0 Å². The number of halogens is 1. The number of hydrogen-bond donors (Lipinski definition) is 1. The number of ether oxygens (including phenoxy) is 1. The largest absolute Gasteiger partial charge is 0.380 e. The molecule has 1 rings (SSSR count). The molecule has 0 heterocycles. The summed E-state index contributed by atoms with van der Waals surface area (Å²) in [6.45, 7) is 8.50. The molecule has 0 saturated carbocycles. The summed E-state index contributed by atoms with van der Waals surface area (Å²) < 4.78 is 19.4. The smallest absolute Gasteiger partial charge is 0.146 e. The quantitative estimate of drug-likeness (QED) is 0.760. The molecule has 0 aliphatic carbocycles. The lowest BCUT2D eigenvalue weighted by Crippen LogP contribution is -2.30. The van der Waals surface area contributed by atoms with Crippen molar-refractivity contribution in [3.63, 3.8) is 0 Å². The molecule has 0 aliphatic rings. The van der Waals surface area contributed by atoms with E-state index in [1.807, 2.05) is 31.7 Å².